The van der Waals surface area contributed by atoms with Crippen molar-refractivity contribution in [3.8, 4) is 11.4 Å². The molecule has 0 aliphatic heterocycles. The van der Waals surface area contributed by atoms with Gasteiger partial charge in [0.1, 0.15) is 11.6 Å². The van der Waals surface area contributed by atoms with Crippen molar-refractivity contribution in [3.63, 3.8) is 0 Å². The summed E-state index contributed by atoms with van der Waals surface area (Å²) in [5.74, 6) is 1.23. The van der Waals surface area contributed by atoms with Gasteiger partial charge in [0, 0.05) is 12.2 Å². The number of hydrogen-bond donors (Lipinski definition) is 1. The Labute approximate surface area is 175 Å². The molecule has 10 heteroatoms. The topological polar surface area (TPSA) is 69.0 Å². The highest BCUT2D eigenvalue weighted by Gasteiger charge is 2.29. The number of ether oxygens (including phenoxy) is 1. The molecule has 0 fully saturated rings. The quantitative estimate of drug-likeness (QED) is 0.567. The van der Waals surface area contributed by atoms with Gasteiger partial charge in [0.05, 0.1) is 18.4 Å². The fourth-order valence-corrected chi connectivity index (χ4v) is 3.49. The molecule has 0 aliphatic carbocycles. The zero-order valence-corrected chi connectivity index (χ0v) is 17.0. The van der Waals surface area contributed by atoms with E-state index in [1.165, 1.54) is 23.9 Å². The largest absolute Gasteiger partial charge is 0.497 e. The summed E-state index contributed by atoms with van der Waals surface area (Å²) in [6.45, 7) is 1.95. The Hall–Kier alpha value is -3.01. The maximum Gasteiger partial charge on any atom is 0.416 e. The molecule has 0 bridgehead atoms. The van der Waals surface area contributed by atoms with Crippen molar-refractivity contribution in [3.05, 3.63) is 65.5 Å². The second-order valence-corrected chi connectivity index (χ2v) is 7.27. The number of aryl methyl sites for hydroxylation is 1. The molecule has 0 atom stereocenters. The number of aromatic nitrogens is 3. The van der Waals surface area contributed by atoms with Crippen molar-refractivity contribution < 1.29 is 22.7 Å². The molecule has 6 nitrogen and oxygen atoms in total. The number of alkyl halides is 3. The first-order chi connectivity index (χ1) is 14.3. The van der Waals surface area contributed by atoms with Crippen LogP contribution in [-0.2, 0) is 17.5 Å². The zero-order chi connectivity index (χ0) is 21.7. The summed E-state index contributed by atoms with van der Waals surface area (Å²) in [5.41, 5.74) is 0.700. The number of nitrogens with zero attached hydrogens (tertiary/aromatic N) is 3. The van der Waals surface area contributed by atoms with Gasteiger partial charge in [0.2, 0.25) is 5.91 Å². The third-order valence-corrected chi connectivity index (χ3v) is 5.16. The normalized spacial score (nSPS) is 11.4. The SMILES string of the molecule is COc1ccc(-n2c(C)nnc2SCC(=O)NCc2ccc(C(F)(F)F)cc2)cc1. The molecular formula is C20H19F3N4O2S. The number of hydrogen-bond acceptors (Lipinski definition) is 5. The first kappa shape index (κ1) is 21.7. The monoisotopic (exact) mass is 436 g/mol. The molecule has 0 radical (unpaired) electrons. The van der Waals surface area contributed by atoms with Crippen LogP contribution in [0.25, 0.3) is 5.69 Å². The van der Waals surface area contributed by atoms with Crippen molar-refractivity contribution in [2.75, 3.05) is 12.9 Å². The molecule has 3 aromatic rings. The van der Waals surface area contributed by atoms with Gasteiger partial charge < -0.3 is 10.1 Å². The molecule has 3 rings (SSSR count). The minimum absolute atomic E-state index is 0.0922. The molecular weight excluding hydrogens is 417 g/mol. The smallest absolute Gasteiger partial charge is 0.416 e. The number of halogens is 3. The standard InChI is InChI=1S/C20H19F3N4O2S/c1-13-25-26-19(27(13)16-7-9-17(29-2)10-8-16)30-12-18(28)24-11-14-3-5-15(6-4-14)20(21,22)23/h3-10H,11-12H2,1-2H3,(H,24,28). The van der Waals surface area contributed by atoms with E-state index in [2.05, 4.69) is 15.5 Å². The fourth-order valence-electron chi connectivity index (χ4n) is 2.66. The minimum Gasteiger partial charge on any atom is -0.497 e. The van der Waals surface area contributed by atoms with Gasteiger partial charge in [-0.3, -0.25) is 9.36 Å². The number of carbonyl (C=O) groups excluding carboxylic acids is 1. The van der Waals surface area contributed by atoms with E-state index in [0.717, 1.165) is 23.6 Å². The van der Waals surface area contributed by atoms with Gasteiger partial charge >= 0.3 is 6.18 Å². The molecule has 0 unspecified atom stereocenters. The van der Waals surface area contributed by atoms with Crippen LogP contribution >= 0.6 is 11.8 Å². The van der Waals surface area contributed by atoms with E-state index >= 15 is 0 Å². The molecule has 0 saturated heterocycles. The van der Waals surface area contributed by atoms with Crippen molar-refractivity contribution in [1.29, 1.82) is 0 Å². The number of amides is 1. The van der Waals surface area contributed by atoms with E-state index < -0.39 is 11.7 Å². The lowest BCUT2D eigenvalue weighted by atomic mass is 10.1. The van der Waals surface area contributed by atoms with Gasteiger partial charge in [0.25, 0.3) is 0 Å². The molecule has 30 heavy (non-hydrogen) atoms. The highest BCUT2D eigenvalue weighted by atomic mass is 32.2. The first-order valence-corrected chi connectivity index (χ1v) is 9.88. The predicted molar refractivity (Wildman–Crippen MR) is 107 cm³/mol. The second-order valence-electron chi connectivity index (χ2n) is 6.32. The number of nitrogens with one attached hydrogen (secondary N) is 1. The predicted octanol–water partition coefficient (Wildman–Crippen LogP) is 4.01. The van der Waals surface area contributed by atoms with E-state index in [9.17, 15) is 18.0 Å². The summed E-state index contributed by atoms with van der Waals surface area (Å²) in [4.78, 5) is 12.2. The van der Waals surface area contributed by atoms with Gasteiger partial charge in [-0.05, 0) is 48.9 Å². The highest BCUT2D eigenvalue weighted by molar-refractivity contribution is 7.99. The van der Waals surface area contributed by atoms with E-state index in [4.69, 9.17) is 4.74 Å². The van der Waals surface area contributed by atoms with Crippen LogP contribution in [0.2, 0.25) is 0 Å². The summed E-state index contributed by atoms with van der Waals surface area (Å²) < 4.78 is 44.8. The number of methoxy groups -OCH3 is 1. The molecule has 1 heterocycles. The summed E-state index contributed by atoms with van der Waals surface area (Å²) >= 11 is 1.22. The first-order valence-electron chi connectivity index (χ1n) is 8.90. The van der Waals surface area contributed by atoms with Gasteiger partial charge in [-0.2, -0.15) is 13.2 Å². The van der Waals surface area contributed by atoms with Crippen molar-refractivity contribution in [1.82, 2.24) is 20.1 Å². The Morgan fingerprint density at radius 1 is 1.10 bits per heavy atom. The fraction of sp³-hybridized carbons (Fsp3) is 0.250. The third-order valence-electron chi connectivity index (χ3n) is 4.23. The zero-order valence-electron chi connectivity index (χ0n) is 16.2. The molecule has 1 N–H and O–H groups in total. The number of thioether (sulfide) groups is 1. The highest BCUT2D eigenvalue weighted by Crippen LogP contribution is 2.29. The van der Waals surface area contributed by atoms with Crippen molar-refractivity contribution in [2.45, 2.75) is 24.8 Å². The summed E-state index contributed by atoms with van der Waals surface area (Å²) in [5, 5.41) is 11.4. The van der Waals surface area contributed by atoms with Gasteiger partial charge in [-0.15, -0.1) is 10.2 Å². The second kappa shape index (κ2) is 9.21. The Bertz CT molecular complexity index is 1000. The van der Waals surface area contributed by atoms with Crippen LogP contribution in [0.1, 0.15) is 17.0 Å². The van der Waals surface area contributed by atoms with Crippen LogP contribution in [-0.4, -0.2) is 33.5 Å². The lowest BCUT2D eigenvalue weighted by Gasteiger charge is -2.10. The molecule has 1 aromatic heterocycles. The Morgan fingerprint density at radius 2 is 1.77 bits per heavy atom. The lowest BCUT2D eigenvalue weighted by molar-refractivity contribution is -0.137. The van der Waals surface area contributed by atoms with E-state index in [1.54, 1.807) is 7.11 Å². The number of carbonyl (C=O) groups is 1. The van der Waals surface area contributed by atoms with Gasteiger partial charge in [-0.25, -0.2) is 0 Å². The third kappa shape index (κ3) is 5.32. The Morgan fingerprint density at radius 3 is 2.37 bits per heavy atom. The van der Waals surface area contributed by atoms with Crippen molar-refractivity contribution >= 4 is 17.7 Å². The van der Waals surface area contributed by atoms with Crippen LogP contribution in [0.5, 0.6) is 5.75 Å². The molecule has 2 aromatic carbocycles. The van der Waals surface area contributed by atoms with E-state index in [1.807, 2.05) is 35.8 Å². The van der Waals surface area contributed by atoms with Crippen LogP contribution in [0.3, 0.4) is 0 Å². The molecule has 158 valence electrons. The molecule has 0 spiro atoms. The van der Waals surface area contributed by atoms with Crippen molar-refractivity contribution in [2.24, 2.45) is 0 Å². The van der Waals surface area contributed by atoms with Crippen LogP contribution in [0, 0.1) is 6.92 Å². The molecule has 1 amide bonds. The minimum atomic E-state index is -4.38. The van der Waals surface area contributed by atoms with Gasteiger partial charge in [0.15, 0.2) is 5.16 Å². The lowest BCUT2D eigenvalue weighted by Crippen LogP contribution is -2.24. The van der Waals surface area contributed by atoms with Crippen LogP contribution in [0.4, 0.5) is 13.2 Å². The van der Waals surface area contributed by atoms with Gasteiger partial charge in [-0.1, -0.05) is 23.9 Å². The Kier molecular flexibility index (Phi) is 6.66. The summed E-state index contributed by atoms with van der Waals surface area (Å²) in [6.07, 6.45) is -4.38. The maximum absolute atomic E-state index is 12.6. The molecule has 0 saturated carbocycles. The Balaban J connectivity index is 1.57. The maximum atomic E-state index is 12.6. The van der Waals surface area contributed by atoms with Crippen LogP contribution < -0.4 is 10.1 Å². The van der Waals surface area contributed by atoms with E-state index in [0.29, 0.717) is 16.5 Å². The number of rotatable bonds is 7. The average Bonchev–Trinajstić information content (AvgIpc) is 3.10. The number of benzene rings is 2. The van der Waals surface area contributed by atoms with E-state index in [-0.39, 0.29) is 18.2 Å². The summed E-state index contributed by atoms with van der Waals surface area (Å²) in [7, 11) is 1.59. The van der Waals surface area contributed by atoms with Crippen LogP contribution in [0.15, 0.2) is 53.7 Å². The molecule has 0 aliphatic rings. The summed E-state index contributed by atoms with van der Waals surface area (Å²) in [6, 6.07) is 12.1. The average molecular weight is 436 g/mol.